The van der Waals surface area contributed by atoms with Crippen LogP contribution in [0.5, 0.6) is 0 Å². The molecule has 2 aliphatic rings. The molecular weight excluding hydrogens is 188 g/mol. The van der Waals surface area contributed by atoms with Crippen LogP contribution < -0.4 is 11.1 Å². The van der Waals surface area contributed by atoms with Crippen molar-refractivity contribution in [1.82, 2.24) is 15.1 Å². The van der Waals surface area contributed by atoms with E-state index < -0.39 is 0 Å². The second-order valence-electron chi connectivity index (χ2n) is 4.53. The van der Waals surface area contributed by atoms with E-state index >= 15 is 0 Å². The molecule has 0 aromatic carbocycles. The van der Waals surface area contributed by atoms with Crippen molar-refractivity contribution in [2.45, 2.75) is 44.8 Å². The molecule has 2 heterocycles. The van der Waals surface area contributed by atoms with E-state index in [2.05, 4.69) is 10.00 Å². The van der Waals surface area contributed by atoms with E-state index in [0.29, 0.717) is 12.6 Å². The van der Waals surface area contributed by atoms with Gasteiger partial charge < -0.3 is 11.1 Å². The third-order valence-electron chi connectivity index (χ3n) is 3.66. The van der Waals surface area contributed by atoms with Gasteiger partial charge in [0.2, 0.25) is 0 Å². The van der Waals surface area contributed by atoms with E-state index in [0.717, 1.165) is 19.5 Å². The molecule has 1 fully saturated rings. The molecule has 0 spiro atoms. The van der Waals surface area contributed by atoms with Gasteiger partial charge in [0, 0.05) is 18.7 Å². The quantitative estimate of drug-likeness (QED) is 0.749. The summed E-state index contributed by atoms with van der Waals surface area (Å²) in [4.78, 5) is 0. The molecule has 1 aromatic rings. The molecule has 0 amide bonds. The smallest absolute Gasteiger partial charge is 0.0798 e. The summed E-state index contributed by atoms with van der Waals surface area (Å²) in [7, 11) is 0. The molecular formula is C11H18N4. The topological polar surface area (TPSA) is 55.9 Å². The van der Waals surface area contributed by atoms with Crippen molar-refractivity contribution >= 4 is 0 Å². The molecule has 0 unspecified atom stereocenters. The van der Waals surface area contributed by atoms with Crippen LogP contribution in [0.25, 0.3) is 0 Å². The Morgan fingerprint density at radius 2 is 2.33 bits per heavy atom. The molecule has 0 radical (unpaired) electrons. The molecule has 15 heavy (non-hydrogen) atoms. The number of hydrogen-bond acceptors (Lipinski definition) is 3. The first kappa shape index (κ1) is 9.36. The Morgan fingerprint density at radius 3 is 3.00 bits per heavy atom. The molecule has 0 saturated heterocycles. The molecule has 1 saturated carbocycles. The maximum atomic E-state index is 5.85. The number of nitrogens with one attached hydrogen (secondary N) is 1. The van der Waals surface area contributed by atoms with Crippen LogP contribution in [-0.4, -0.2) is 16.3 Å². The number of rotatable bonds is 2. The highest BCUT2D eigenvalue weighted by Gasteiger charge is 2.26. The molecule has 1 aromatic heterocycles. The van der Waals surface area contributed by atoms with Gasteiger partial charge in [-0.3, -0.25) is 4.68 Å². The fourth-order valence-corrected chi connectivity index (χ4v) is 2.56. The molecule has 3 rings (SSSR count). The lowest BCUT2D eigenvalue weighted by Crippen LogP contribution is -2.24. The monoisotopic (exact) mass is 206 g/mol. The van der Waals surface area contributed by atoms with Crippen LogP contribution in [0.15, 0.2) is 0 Å². The summed E-state index contributed by atoms with van der Waals surface area (Å²) in [5.74, 6) is 0. The standard InChI is InChI=1S/C11H18N4/c12-6-11-9-4-5-13-7-10(9)14-15(11)8-2-1-3-8/h8,13H,1-7,12H2. The number of nitrogens with two attached hydrogens (primary N) is 1. The van der Waals surface area contributed by atoms with E-state index in [4.69, 9.17) is 10.8 Å². The third-order valence-corrected chi connectivity index (χ3v) is 3.66. The Balaban J connectivity index is 2.01. The van der Waals surface area contributed by atoms with Gasteiger partial charge in [-0.2, -0.15) is 5.10 Å². The lowest BCUT2D eigenvalue weighted by Gasteiger charge is -2.27. The number of aromatic nitrogens is 2. The van der Waals surface area contributed by atoms with Crippen LogP contribution in [-0.2, 0) is 19.5 Å². The Kier molecular flexibility index (Phi) is 2.25. The Bertz CT molecular complexity index is 365. The Labute approximate surface area is 89.8 Å². The van der Waals surface area contributed by atoms with Gasteiger partial charge in [0.15, 0.2) is 0 Å². The number of fused-ring (bicyclic) bond motifs is 1. The highest BCUT2D eigenvalue weighted by Crippen LogP contribution is 2.33. The first-order chi connectivity index (χ1) is 7.40. The van der Waals surface area contributed by atoms with Gasteiger partial charge in [0.25, 0.3) is 0 Å². The predicted octanol–water partition coefficient (Wildman–Crippen LogP) is 0.712. The minimum Gasteiger partial charge on any atom is -0.325 e. The largest absolute Gasteiger partial charge is 0.325 e. The van der Waals surface area contributed by atoms with E-state index in [9.17, 15) is 0 Å². The molecule has 3 N–H and O–H groups in total. The second-order valence-corrected chi connectivity index (χ2v) is 4.53. The summed E-state index contributed by atoms with van der Waals surface area (Å²) in [6.45, 7) is 2.62. The fraction of sp³-hybridized carbons (Fsp3) is 0.727. The SMILES string of the molecule is NCc1c2c(nn1C1CCC1)CNCC2. The number of nitrogens with zero attached hydrogens (tertiary/aromatic N) is 2. The lowest BCUT2D eigenvalue weighted by molar-refractivity contribution is 0.281. The minimum absolute atomic E-state index is 0.633. The molecule has 1 aliphatic heterocycles. The summed E-state index contributed by atoms with van der Waals surface area (Å²) in [5, 5.41) is 8.08. The van der Waals surface area contributed by atoms with Crippen LogP contribution in [0.4, 0.5) is 0 Å². The van der Waals surface area contributed by atoms with Gasteiger partial charge in [-0.05, 0) is 32.2 Å². The maximum absolute atomic E-state index is 5.85. The molecule has 82 valence electrons. The predicted molar refractivity (Wildman–Crippen MR) is 58.4 cm³/mol. The van der Waals surface area contributed by atoms with E-state index in [-0.39, 0.29) is 0 Å². The highest BCUT2D eigenvalue weighted by molar-refractivity contribution is 5.29. The zero-order valence-electron chi connectivity index (χ0n) is 9.00. The molecule has 4 heteroatoms. The van der Waals surface area contributed by atoms with Crippen molar-refractivity contribution in [3.63, 3.8) is 0 Å². The summed E-state index contributed by atoms with van der Waals surface area (Å²) >= 11 is 0. The third kappa shape index (κ3) is 1.40. The molecule has 4 nitrogen and oxygen atoms in total. The molecule has 1 aliphatic carbocycles. The van der Waals surface area contributed by atoms with Crippen LogP contribution in [0, 0.1) is 0 Å². The Morgan fingerprint density at radius 1 is 1.47 bits per heavy atom. The van der Waals surface area contributed by atoms with Crippen LogP contribution >= 0.6 is 0 Å². The first-order valence-corrected chi connectivity index (χ1v) is 5.90. The van der Waals surface area contributed by atoms with Crippen LogP contribution in [0.3, 0.4) is 0 Å². The second kappa shape index (κ2) is 3.61. The van der Waals surface area contributed by atoms with Crippen molar-refractivity contribution in [1.29, 1.82) is 0 Å². The van der Waals surface area contributed by atoms with Crippen molar-refractivity contribution in [3.05, 3.63) is 17.0 Å². The fourth-order valence-electron chi connectivity index (χ4n) is 2.56. The summed E-state index contributed by atoms with van der Waals surface area (Å²) < 4.78 is 2.21. The first-order valence-electron chi connectivity index (χ1n) is 5.90. The van der Waals surface area contributed by atoms with E-state index in [1.807, 2.05) is 0 Å². The Hall–Kier alpha value is -0.870. The van der Waals surface area contributed by atoms with E-state index in [1.54, 1.807) is 0 Å². The van der Waals surface area contributed by atoms with E-state index in [1.165, 1.54) is 36.2 Å². The van der Waals surface area contributed by atoms with Gasteiger partial charge in [-0.15, -0.1) is 0 Å². The average molecular weight is 206 g/mol. The zero-order chi connectivity index (χ0) is 10.3. The highest BCUT2D eigenvalue weighted by atomic mass is 15.3. The summed E-state index contributed by atoms with van der Waals surface area (Å²) in [6.07, 6.45) is 4.99. The van der Waals surface area contributed by atoms with Crippen molar-refractivity contribution in [2.24, 2.45) is 5.73 Å². The zero-order valence-corrected chi connectivity index (χ0v) is 9.00. The maximum Gasteiger partial charge on any atom is 0.0798 e. The van der Waals surface area contributed by atoms with Gasteiger partial charge in [-0.1, -0.05) is 0 Å². The summed E-state index contributed by atoms with van der Waals surface area (Å²) in [5.41, 5.74) is 9.79. The van der Waals surface area contributed by atoms with Crippen molar-refractivity contribution in [3.8, 4) is 0 Å². The average Bonchev–Trinajstić information content (AvgIpc) is 2.53. The van der Waals surface area contributed by atoms with Gasteiger partial charge in [-0.25, -0.2) is 0 Å². The van der Waals surface area contributed by atoms with Gasteiger partial charge in [0.05, 0.1) is 17.4 Å². The van der Waals surface area contributed by atoms with Crippen molar-refractivity contribution < 1.29 is 0 Å². The van der Waals surface area contributed by atoms with Gasteiger partial charge in [0.1, 0.15) is 0 Å². The molecule has 0 atom stereocenters. The lowest BCUT2D eigenvalue weighted by atomic mass is 9.93. The van der Waals surface area contributed by atoms with Crippen LogP contribution in [0.2, 0.25) is 0 Å². The van der Waals surface area contributed by atoms with Crippen molar-refractivity contribution in [2.75, 3.05) is 6.54 Å². The number of hydrogen-bond donors (Lipinski definition) is 2. The van der Waals surface area contributed by atoms with Crippen LogP contribution in [0.1, 0.15) is 42.3 Å². The molecule has 0 bridgehead atoms. The normalized spacial score (nSPS) is 21.1. The minimum atomic E-state index is 0.633. The van der Waals surface area contributed by atoms with Gasteiger partial charge >= 0.3 is 0 Å². The summed E-state index contributed by atoms with van der Waals surface area (Å²) in [6, 6.07) is 0.633.